The van der Waals surface area contributed by atoms with Crippen molar-refractivity contribution >= 4 is 23.0 Å². The van der Waals surface area contributed by atoms with E-state index in [1.807, 2.05) is 51.1 Å². The van der Waals surface area contributed by atoms with Gasteiger partial charge in [0.15, 0.2) is 11.9 Å². The molecule has 0 fully saturated rings. The van der Waals surface area contributed by atoms with Crippen molar-refractivity contribution in [3.63, 3.8) is 0 Å². The van der Waals surface area contributed by atoms with Gasteiger partial charge in [-0.1, -0.05) is 39.5 Å². The Kier molecular flexibility index (Phi) is 5.88. The fourth-order valence-corrected chi connectivity index (χ4v) is 5.70. The predicted molar refractivity (Wildman–Crippen MR) is 148 cm³/mol. The Balaban J connectivity index is 1.70. The standard InChI is InChI=1S/C31H28FN5O3/c1-5-22-27(30(2,3)4)37-26(38)11-7-17-6-10-25-21(12-17)31(14-24(35-22)28-34-19(15-33)16-39-28)20-13-18(32)8-9-23(20)36-29(31)40-25/h5-6,8-10,12-14,16,27,29,36H,1,7,11H2,2-4H3,(H,37,38)/b24-14+,35-22?/t27-,29?,31+/m1/s1. The van der Waals surface area contributed by atoms with Gasteiger partial charge in [0.25, 0.3) is 0 Å². The molecule has 0 saturated carbocycles. The highest BCUT2D eigenvalue weighted by molar-refractivity contribution is 6.04. The monoisotopic (exact) mass is 537 g/mol. The molecule has 1 spiro atoms. The number of anilines is 1. The van der Waals surface area contributed by atoms with Gasteiger partial charge in [0, 0.05) is 17.7 Å². The Hall–Kier alpha value is -4.71. The van der Waals surface area contributed by atoms with Crippen molar-refractivity contribution in [3.8, 4) is 11.8 Å². The number of amides is 1. The topological polar surface area (TPSA) is 113 Å². The number of nitrogens with one attached hydrogen (secondary N) is 2. The van der Waals surface area contributed by atoms with Crippen LogP contribution in [0, 0.1) is 22.6 Å². The smallest absolute Gasteiger partial charge is 0.246 e. The van der Waals surface area contributed by atoms with Crippen LogP contribution in [-0.4, -0.2) is 28.9 Å². The largest absolute Gasteiger partial charge is 0.469 e. The molecule has 2 bridgehead atoms. The Morgan fingerprint density at radius 2 is 2.00 bits per heavy atom. The van der Waals surface area contributed by atoms with Crippen molar-refractivity contribution in [2.24, 2.45) is 10.4 Å². The van der Waals surface area contributed by atoms with E-state index < -0.39 is 23.1 Å². The third kappa shape index (κ3) is 4.08. The van der Waals surface area contributed by atoms with E-state index >= 15 is 0 Å². The van der Waals surface area contributed by atoms with Crippen LogP contribution in [0.2, 0.25) is 0 Å². The molecule has 2 aromatic carbocycles. The fourth-order valence-electron chi connectivity index (χ4n) is 5.70. The molecule has 0 radical (unpaired) electrons. The molecule has 8 nitrogen and oxygen atoms in total. The molecular formula is C31H28FN5O3. The maximum atomic E-state index is 14.8. The summed E-state index contributed by atoms with van der Waals surface area (Å²) in [5.41, 5.74) is 2.58. The SMILES string of the molecule is C=CC1=N/C(c2nc(C#N)co2)=C/[C@@]23c4cc(F)ccc4NC2Oc2ccc(cc23)CCC(=O)N[C@H]1C(C)(C)C. The van der Waals surface area contributed by atoms with Crippen molar-refractivity contribution in [1.82, 2.24) is 10.3 Å². The Labute approximate surface area is 231 Å². The van der Waals surface area contributed by atoms with Gasteiger partial charge >= 0.3 is 0 Å². The molecule has 2 N–H and O–H groups in total. The molecule has 202 valence electrons. The molecule has 0 saturated heterocycles. The second-order valence-corrected chi connectivity index (χ2v) is 11.3. The lowest BCUT2D eigenvalue weighted by atomic mass is 9.74. The zero-order valence-electron chi connectivity index (χ0n) is 22.4. The molecular weight excluding hydrogens is 509 g/mol. The Bertz CT molecular complexity index is 1660. The van der Waals surface area contributed by atoms with Crippen LogP contribution in [0.5, 0.6) is 5.75 Å². The summed E-state index contributed by atoms with van der Waals surface area (Å²) in [7, 11) is 0. The number of rotatable bonds is 2. The van der Waals surface area contributed by atoms with Gasteiger partial charge in [-0.25, -0.2) is 9.38 Å². The first-order valence-corrected chi connectivity index (χ1v) is 13.1. The Morgan fingerprint density at radius 3 is 2.73 bits per heavy atom. The van der Waals surface area contributed by atoms with Crippen LogP contribution in [0.3, 0.4) is 0 Å². The zero-order valence-corrected chi connectivity index (χ0v) is 22.4. The van der Waals surface area contributed by atoms with Gasteiger partial charge in [-0.3, -0.25) is 4.79 Å². The zero-order chi connectivity index (χ0) is 28.2. The number of benzene rings is 2. The summed E-state index contributed by atoms with van der Waals surface area (Å²) in [5, 5.41) is 16.0. The lowest BCUT2D eigenvalue weighted by molar-refractivity contribution is -0.121. The maximum Gasteiger partial charge on any atom is 0.246 e. The number of hydrogen-bond donors (Lipinski definition) is 2. The van der Waals surface area contributed by atoms with E-state index in [-0.39, 0.29) is 29.7 Å². The number of carbonyl (C=O) groups is 1. The molecule has 40 heavy (non-hydrogen) atoms. The average Bonchev–Trinajstić information content (AvgIpc) is 3.59. The number of aryl methyl sites for hydroxylation is 1. The van der Waals surface area contributed by atoms with Crippen LogP contribution in [0.4, 0.5) is 10.1 Å². The number of hydrogen-bond acceptors (Lipinski definition) is 7. The number of aromatic nitrogens is 1. The van der Waals surface area contributed by atoms with Gasteiger partial charge in [0.2, 0.25) is 11.8 Å². The van der Waals surface area contributed by atoms with E-state index in [1.165, 1.54) is 18.4 Å². The number of carbonyl (C=O) groups excluding carboxylic acids is 1. The van der Waals surface area contributed by atoms with Gasteiger partial charge in [0.1, 0.15) is 35.0 Å². The summed E-state index contributed by atoms with van der Waals surface area (Å²) in [6.45, 7) is 10.0. The minimum atomic E-state index is -1.02. The van der Waals surface area contributed by atoms with Crippen molar-refractivity contribution in [2.45, 2.75) is 51.3 Å². The normalized spacial score (nSPS) is 24.7. The van der Waals surface area contributed by atoms with Crippen molar-refractivity contribution in [2.75, 3.05) is 5.32 Å². The van der Waals surface area contributed by atoms with Gasteiger partial charge in [0.05, 0.1) is 11.8 Å². The molecule has 1 amide bonds. The van der Waals surface area contributed by atoms with E-state index in [0.29, 0.717) is 29.1 Å². The number of nitriles is 1. The lowest BCUT2D eigenvalue weighted by Gasteiger charge is -2.32. The second-order valence-electron chi connectivity index (χ2n) is 11.3. The van der Waals surface area contributed by atoms with E-state index in [0.717, 1.165) is 16.8 Å². The van der Waals surface area contributed by atoms with Crippen LogP contribution in [-0.2, 0) is 16.6 Å². The van der Waals surface area contributed by atoms with Gasteiger partial charge in [-0.05, 0) is 59.4 Å². The lowest BCUT2D eigenvalue weighted by Crippen LogP contribution is -2.48. The first-order chi connectivity index (χ1) is 19.1. The van der Waals surface area contributed by atoms with Gasteiger partial charge in [-0.15, -0.1) is 0 Å². The third-order valence-corrected chi connectivity index (χ3v) is 7.63. The molecule has 1 aromatic heterocycles. The van der Waals surface area contributed by atoms with Crippen molar-refractivity contribution in [1.29, 1.82) is 5.26 Å². The van der Waals surface area contributed by atoms with E-state index in [1.54, 1.807) is 12.1 Å². The third-order valence-electron chi connectivity index (χ3n) is 7.63. The second kappa shape index (κ2) is 9.19. The highest BCUT2D eigenvalue weighted by atomic mass is 19.1. The summed E-state index contributed by atoms with van der Waals surface area (Å²) in [6, 6.07) is 11.9. The molecule has 3 aliphatic rings. The summed E-state index contributed by atoms with van der Waals surface area (Å²) in [6.07, 6.45) is 4.88. The first-order valence-electron chi connectivity index (χ1n) is 13.1. The van der Waals surface area contributed by atoms with Crippen LogP contribution in [0.15, 0.2) is 70.8 Å². The number of ether oxygens (including phenoxy) is 1. The predicted octanol–water partition coefficient (Wildman–Crippen LogP) is 5.26. The maximum absolute atomic E-state index is 14.8. The number of halogens is 1. The number of oxazole rings is 1. The van der Waals surface area contributed by atoms with Gasteiger partial charge in [-0.2, -0.15) is 10.2 Å². The number of nitrogens with zero attached hydrogens (tertiary/aromatic N) is 3. The molecule has 3 atom stereocenters. The molecule has 0 aliphatic carbocycles. The first kappa shape index (κ1) is 25.6. The number of aliphatic imine (C=N–C) groups is 1. The quantitative estimate of drug-likeness (QED) is 0.461. The van der Waals surface area contributed by atoms with Crippen molar-refractivity contribution in [3.05, 3.63) is 95.5 Å². The minimum absolute atomic E-state index is 0.0882. The van der Waals surface area contributed by atoms with Crippen LogP contribution >= 0.6 is 0 Å². The minimum Gasteiger partial charge on any atom is -0.469 e. The van der Waals surface area contributed by atoms with Crippen LogP contribution < -0.4 is 15.4 Å². The molecule has 6 rings (SSSR count). The number of fused-ring (bicyclic) bond motifs is 2. The molecule has 1 unspecified atom stereocenters. The van der Waals surface area contributed by atoms with E-state index in [2.05, 4.69) is 22.2 Å². The highest BCUT2D eigenvalue weighted by Crippen LogP contribution is 2.56. The summed E-state index contributed by atoms with van der Waals surface area (Å²) in [4.78, 5) is 22.5. The summed E-state index contributed by atoms with van der Waals surface area (Å²) < 4.78 is 26.9. The molecule has 3 aromatic rings. The molecule has 4 heterocycles. The van der Waals surface area contributed by atoms with Crippen LogP contribution in [0.25, 0.3) is 5.70 Å². The van der Waals surface area contributed by atoms with E-state index in [4.69, 9.17) is 14.1 Å². The molecule has 9 heteroatoms. The van der Waals surface area contributed by atoms with E-state index in [9.17, 15) is 14.4 Å². The summed E-state index contributed by atoms with van der Waals surface area (Å²) >= 11 is 0. The van der Waals surface area contributed by atoms with Crippen molar-refractivity contribution < 1.29 is 18.3 Å². The fraction of sp³-hybridized carbons (Fsp3) is 0.290. The average molecular weight is 538 g/mol. The molecule has 3 aliphatic heterocycles. The van der Waals surface area contributed by atoms with Crippen LogP contribution in [0.1, 0.15) is 55.5 Å². The highest BCUT2D eigenvalue weighted by Gasteiger charge is 2.55. The van der Waals surface area contributed by atoms with Gasteiger partial charge < -0.3 is 19.8 Å². The summed E-state index contributed by atoms with van der Waals surface area (Å²) in [5.74, 6) is 0.226. The Morgan fingerprint density at radius 1 is 1.18 bits per heavy atom.